The van der Waals surface area contributed by atoms with Crippen LogP contribution in [0.1, 0.15) is 36.5 Å². The molecular formula is C19H23NO5. The minimum absolute atomic E-state index is 0.130. The Bertz CT molecular complexity index is 809. The van der Waals surface area contributed by atoms with Crippen molar-refractivity contribution in [2.24, 2.45) is 0 Å². The Morgan fingerprint density at radius 1 is 1.32 bits per heavy atom. The van der Waals surface area contributed by atoms with E-state index in [0.29, 0.717) is 0 Å². The van der Waals surface area contributed by atoms with Gasteiger partial charge in [-0.3, -0.25) is 9.59 Å². The summed E-state index contributed by atoms with van der Waals surface area (Å²) in [5.41, 5.74) is 3.32. The van der Waals surface area contributed by atoms with E-state index in [1.807, 2.05) is 0 Å². The molecule has 2 N–H and O–H groups in total. The Hall–Kier alpha value is -2.34. The van der Waals surface area contributed by atoms with Crippen LogP contribution in [0.3, 0.4) is 0 Å². The number of ether oxygens (including phenoxy) is 1. The maximum Gasteiger partial charge on any atom is 0.305 e. The highest BCUT2D eigenvalue weighted by Crippen LogP contribution is 2.30. The van der Waals surface area contributed by atoms with Gasteiger partial charge < -0.3 is 19.6 Å². The Kier molecular flexibility index (Phi) is 4.81. The summed E-state index contributed by atoms with van der Waals surface area (Å²) in [5.74, 6) is -1.23. The van der Waals surface area contributed by atoms with Crippen molar-refractivity contribution >= 4 is 22.8 Å². The van der Waals surface area contributed by atoms with Crippen molar-refractivity contribution in [3.8, 4) is 0 Å². The highest BCUT2D eigenvalue weighted by Gasteiger charge is 2.30. The number of carboxylic acids is 1. The Balaban J connectivity index is 1.76. The van der Waals surface area contributed by atoms with Crippen LogP contribution in [0.15, 0.2) is 22.8 Å². The summed E-state index contributed by atoms with van der Waals surface area (Å²) in [4.78, 5) is 23.5. The lowest BCUT2D eigenvalue weighted by atomic mass is 9.98. The number of fused-ring (bicyclic) bond motifs is 2. The fourth-order valence-electron chi connectivity index (χ4n) is 3.62. The first-order valence-corrected chi connectivity index (χ1v) is 8.44. The van der Waals surface area contributed by atoms with Gasteiger partial charge in [-0.05, 0) is 49.4 Å². The van der Waals surface area contributed by atoms with E-state index in [0.717, 1.165) is 35.8 Å². The third kappa shape index (κ3) is 3.85. The molecule has 0 saturated carbocycles. The molecule has 0 fully saturated rings. The molecule has 1 aromatic heterocycles. The first kappa shape index (κ1) is 17.5. The van der Waals surface area contributed by atoms with Crippen LogP contribution in [0.5, 0.6) is 0 Å². The summed E-state index contributed by atoms with van der Waals surface area (Å²) < 4.78 is 10.7. The zero-order valence-corrected chi connectivity index (χ0v) is 14.6. The topological polar surface area (TPSA) is 88.8 Å². The molecule has 1 aliphatic rings. The summed E-state index contributed by atoms with van der Waals surface area (Å²) >= 11 is 0. The van der Waals surface area contributed by atoms with Gasteiger partial charge in [-0.1, -0.05) is 0 Å². The quantitative estimate of drug-likeness (QED) is 0.805. The van der Waals surface area contributed by atoms with E-state index >= 15 is 0 Å². The van der Waals surface area contributed by atoms with Crippen LogP contribution in [0.4, 0.5) is 0 Å². The van der Waals surface area contributed by atoms with Gasteiger partial charge in [-0.25, -0.2) is 0 Å². The maximum atomic E-state index is 12.5. The number of nitrogens with one attached hydrogen (secondary N) is 1. The summed E-state index contributed by atoms with van der Waals surface area (Å²) in [6, 6.07) is 4.19. The molecule has 0 radical (unpaired) electrons. The predicted octanol–water partition coefficient (Wildman–Crippen LogP) is 2.46. The van der Waals surface area contributed by atoms with Gasteiger partial charge in [-0.15, -0.1) is 0 Å². The standard InChI is InChI=1S/C19H23NO5/c1-19(11-24-2,9-18(22)23)20-17(21)8-14-10-25-16-7-13-5-3-4-12(13)6-15(14)16/h6-7,10H,3-5,8-9,11H2,1-2H3,(H,20,21)(H,22,23). The van der Waals surface area contributed by atoms with Crippen LogP contribution in [0.2, 0.25) is 0 Å². The zero-order chi connectivity index (χ0) is 18.0. The molecule has 2 aromatic rings. The molecule has 1 unspecified atom stereocenters. The van der Waals surface area contributed by atoms with Gasteiger partial charge in [0.05, 0.1) is 31.3 Å². The number of furan rings is 1. The number of benzene rings is 1. The molecule has 0 spiro atoms. The van der Waals surface area contributed by atoms with E-state index in [9.17, 15) is 9.59 Å². The summed E-state index contributed by atoms with van der Waals surface area (Å²) in [7, 11) is 1.48. The minimum Gasteiger partial charge on any atom is -0.481 e. The monoisotopic (exact) mass is 345 g/mol. The second-order valence-corrected chi connectivity index (χ2v) is 7.02. The molecule has 3 rings (SSSR count). The highest BCUT2D eigenvalue weighted by atomic mass is 16.5. The molecule has 0 bridgehead atoms. The van der Waals surface area contributed by atoms with E-state index in [2.05, 4.69) is 17.4 Å². The van der Waals surface area contributed by atoms with Crippen LogP contribution in [-0.2, 0) is 33.6 Å². The third-order valence-electron chi connectivity index (χ3n) is 4.66. The number of amides is 1. The number of methoxy groups -OCH3 is 1. The van der Waals surface area contributed by atoms with Crippen molar-refractivity contribution in [1.82, 2.24) is 5.32 Å². The van der Waals surface area contributed by atoms with E-state index < -0.39 is 11.5 Å². The van der Waals surface area contributed by atoms with Crippen LogP contribution >= 0.6 is 0 Å². The summed E-state index contributed by atoms with van der Waals surface area (Å²) in [5, 5.41) is 12.8. The fraction of sp³-hybridized carbons (Fsp3) is 0.474. The van der Waals surface area contributed by atoms with Gasteiger partial charge in [0.25, 0.3) is 0 Å². The van der Waals surface area contributed by atoms with E-state index in [1.165, 1.54) is 18.2 Å². The summed E-state index contributed by atoms with van der Waals surface area (Å²) in [6.07, 6.45) is 4.85. The fourth-order valence-corrected chi connectivity index (χ4v) is 3.62. The van der Waals surface area contributed by atoms with Gasteiger partial charge in [0.1, 0.15) is 5.58 Å². The second kappa shape index (κ2) is 6.88. The predicted molar refractivity (Wildman–Crippen MR) is 92.6 cm³/mol. The molecule has 1 aromatic carbocycles. The Morgan fingerprint density at radius 2 is 2.04 bits per heavy atom. The number of hydrogen-bond donors (Lipinski definition) is 2. The number of aliphatic carboxylic acids is 1. The van der Waals surface area contributed by atoms with Crippen molar-refractivity contribution in [1.29, 1.82) is 0 Å². The lowest BCUT2D eigenvalue weighted by molar-refractivity contribution is -0.139. The maximum absolute atomic E-state index is 12.5. The Morgan fingerprint density at radius 3 is 2.72 bits per heavy atom. The molecule has 6 nitrogen and oxygen atoms in total. The highest BCUT2D eigenvalue weighted by molar-refractivity contribution is 5.89. The third-order valence-corrected chi connectivity index (χ3v) is 4.66. The second-order valence-electron chi connectivity index (χ2n) is 7.02. The van der Waals surface area contributed by atoms with Crippen molar-refractivity contribution in [2.45, 2.75) is 44.6 Å². The molecule has 0 aliphatic heterocycles. The molecule has 25 heavy (non-hydrogen) atoms. The molecule has 1 aliphatic carbocycles. The van der Waals surface area contributed by atoms with Gasteiger partial charge in [0.15, 0.2) is 0 Å². The van der Waals surface area contributed by atoms with Crippen molar-refractivity contribution in [3.63, 3.8) is 0 Å². The SMILES string of the molecule is COCC(C)(CC(=O)O)NC(=O)Cc1coc2cc3c(cc12)CCC3. The minimum atomic E-state index is -0.982. The first-order valence-electron chi connectivity index (χ1n) is 8.44. The zero-order valence-electron chi connectivity index (χ0n) is 14.6. The Labute approximate surface area is 146 Å². The van der Waals surface area contributed by atoms with Crippen LogP contribution in [0, 0.1) is 0 Å². The van der Waals surface area contributed by atoms with Gasteiger partial charge in [-0.2, -0.15) is 0 Å². The molecule has 1 atom stereocenters. The van der Waals surface area contributed by atoms with Crippen LogP contribution < -0.4 is 5.32 Å². The van der Waals surface area contributed by atoms with Crippen molar-refractivity contribution in [2.75, 3.05) is 13.7 Å². The molecule has 1 heterocycles. The van der Waals surface area contributed by atoms with Crippen molar-refractivity contribution < 1.29 is 23.8 Å². The summed E-state index contributed by atoms with van der Waals surface area (Å²) in [6.45, 7) is 1.80. The van der Waals surface area contributed by atoms with E-state index in [4.69, 9.17) is 14.3 Å². The molecule has 134 valence electrons. The van der Waals surface area contributed by atoms with Gasteiger partial charge in [0, 0.05) is 18.1 Å². The largest absolute Gasteiger partial charge is 0.481 e. The van der Waals surface area contributed by atoms with E-state index in [-0.39, 0.29) is 25.4 Å². The van der Waals surface area contributed by atoms with Crippen LogP contribution in [-0.4, -0.2) is 36.2 Å². The average Bonchev–Trinajstić information content (AvgIpc) is 3.10. The number of rotatable bonds is 7. The molecular weight excluding hydrogens is 322 g/mol. The van der Waals surface area contributed by atoms with Gasteiger partial charge in [0.2, 0.25) is 5.91 Å². The average molecular weight is 345 g/mol. The van der Waals surface area contributed by atoms with E-state index in [1.54, 1.807) is 13.2 Å². The number of hydrogen-bond acceptors (Lipinski definition) is 4. The first-order chi connectivity index (χ1) is 11.9. The lowest BCUT2D eigenvalue weighted by Crippen LogP contribution is -2.51. The van der Waals surface area contributed by atoms with Gasteiger partial charge >= 0.3 is 5.97 Å². The number of carboxylic acid groups (broad SMARTS) is 1. The smallest absolute Gasteiger partial charge is 0.305 e. The normalized spacial score (nSPS) is 15.8. The van der Waals surface area contributed by atoms with Crippen LogP contribution in [0.25, 0.3) is 11.0 Å². The molecule has 6 heteroatoms. The molecule has 1 amide bonds. The number of carbonyl (C=O) groups is 2. The lowest BCUT2D eigenvalue weighted by Gasteiger charge is -2.28. The van der Waals surface area contributed by atoms with Crippen molar-refractivity contribution in [3.05, 3.63) is 35.1 Å². The molecule has 0 saturated heterocycles. The number of carbonyl (C=O) groups excluding carboxylic acids is 1. The number of aryl methyl sites for hydroxylation is 2.